The Bertz CT molecular complexity index is 1310. The molecule has 1 amide bonds. The molecule has 2 aromatic carbocycles. The molecule has 0 saturated heterocycles. The van der Waals surface area contributed by atoms with Crippen LogP contribution < -0.4 is 5.32 Å². The van der Waals surface area contributed by atoms with Gasteiger partial charge >= 0.3 is 0 Å². The highest BCUT2D eigenvalue weighted by Crippen LogP contribution is 2.27. The second kappa shape index (κ2) is 9.44. The van der Waals surface area contributed by atoms with E-state index in [9.17, 15) is 9.18 Å². The Morgan fingerprint density at radius 2 is 1.72 bits per heavy atom. The summed E-state index contributed by atoms with van der Waals surface area (Å²) in [5.41, 5.74) is 2.31. The molecule has 0 aliphatic carbocycles. The van der Waals surface area contributed by atoms with E-state index in [1.54, 1.807) is 13.0 Å². The van der Waals surface area contributed by atoms with E-state index < -0.39 is 11.7 Å². The molecule has 0 bridgehead atoms. The molecule has 0 radical (unpaired) electrons. The molecule has 2 heterocycles. The maximum absolute atomic E-state index is 14.7. The minimum absolute atomic E-state index is 0.0510. The van der Waals surface area contributed by atoms with Crippen LogP contribution in [-0.4, -0.2) is 31.1 Å². The van der Waals surface area contributed by atoms with E-state index >= 15 is 0 Å². The van der Waals surface area contributed by atoms with Crippen LogP contribution in [0.25, 0.3) is 16.3 Å². The Kier molecular flexibility index (Phi) is 6.27. The lowest BCUT2D eigenvalue weighted by molar-refractivity contribution is 0.102. The molecule has 0 aliphatic heterocycles. The maximum atomic E-state index is 14.7. The van der Waals surface area contributed by atoms with Crippen molar-refractivity contribution in [2.75, 3.05) is 5.32 Å². The molecule has 160 valence electrons. The minimum Gasteiger partial charge on any atom is -0.312 e. The van der Waals surface area contributed by atoms with E-state index in [4.69, 9.17) is 0 Å². The van der Waals surface area contributed by atoms with E-state index in [0.29, 0.717) is 16.0 Å². The lowest BCUT2D eigenvalue weighted by Crippen LogP contribution is -2.13. The monoisotopic (exact) mass is 446 g/mol. The van der Waals surface area contributed by atoms with Crippen molar-refractivity contribution < 1.29 is 9.18 Å². The Morgan fingerprint density at radius 3 is 2.38 bits per heavy atom. The van der Waals surface area contributed by atoms with E-state index in [2.05, 4.69) is 25.8 Å². The Hall–Kier alpha value is -3.98. The zero-order valence-electron chi connectivity index (χ0n) is 17.4. The number of nitrogens with zero attached hydrogens (tertiary/aromatic N) is 5. The number of hydrogen-bond donors (Lipinski definition) is 1. The van der Waals surface area contributed by atoms with Crippen LogP contribution >= 0.6 is 11.3 Å². The van der Waals surface area contributed by atoms with E-state index in [1.165, 1.54) is 28.3 Å². The number of aryl methyl sites for hydroxylation is 2. The van der Waals surface area contributed by atoms with Gasteiger partial charge in [0, 0.05) is 0 Å². The lowest BCUT2D eigenvalue weighted by atomic mass is 9.98. The summed E-state index contributed by atoms with van der Waals surface area (Å²) in [4.78, 5) is 17.1. The summed E-state index contributed by atoms with van der Waals surface area (Å²) in [6.07, 6.45) is 1.49. The fourth-order valence-electron chi connectivity index (χ4n) is 3.04. The molecule has 0 aliphatic rings. The number of carbonyl (C=O) groups is 1. The van der Waals surface area contributed by atoms with Gasteiger partial charge < -0.3 is 5.32 Å². The Labute approximate surface area is 187 Å². The number of tetrazole rings is 1. The van der Waals surface area contributed by atoms with Gasteiger partial charge in [0.2, 0.25) is 5.13 Å². The van der Waals surface area contributed by atoms with Gasteiger partial charge in [-0.15, -0.1) is 5.10 Å². The number of hydrogen-bond acceptors (Lipinski definition) is 6. The third-order valence-electron chi connectivity index (χ3n) is 4.62. The molecule has 0 unspecified atom stereocenters. The fraction of sp³-hybridized carbons (Fsp3) is 0.0870. The van der Waals surface area contributed by atoms with Gasteiger partial charge in [-0.3, -0.25) is 4.79 Å². The maximum Gasteiger partial charge on any atom is 0.259 e. The smallest absolute Gasteiger partial charge is 0.259 e. The summed E-state index contributed by atoms with van der Waals surface area (Å²) in [5.74, 6) is -0.583. The average Bonchev–Trinajstić information content (AvgIpc) is 3.40. The molecule has 1 N–H and O–H groups in total. The first-order valence-electron chi connectivity index (χ1n) is 9.74. The fourth-order valence-corrected chi connectivity index (χ4v) is 3.85. The number of halogens is 1. The van der Waals surface area contributed by atoms with Crippen LogP contribution in [0.15, 0.2) is 72.9 Å². The molecule has 0 atom stereocenters. The molecule has 0 saturated carbocycles. The Morgan fingerprint density at radius 1 is 1.03 bits per heavy atom. The van der Waals surface area contributed by atoms with Crippen molar-refractivity contribution in [3.8, 4) is 16.3 Å². The van der Waals surface area contributed by atoms with Crippen molar-refractivity contribution in [3.05, 3.63) is 95.7 Å². The highest BCUT2D eigenvalue weighted by Gasteiger charge is 2.17. The predicted molar refractivity (Wildman–Crippen MR) is 122 cm³/mol. The number of thiazole rings is 1. The molecule has 0 spiro atoms. The van der Waals surface area contributed by atoms with Crippen molar-refractivity contribution >= 4 is 22.2 Å². The third kappa shape index (κ3) is 4.68. The molecule has 32 heavy (non-hydrogen) atoms. The molecule has 4 aromatic rings. The summed E-state index contributed by atoms with van der Waals surface area (Å²) in [6.45, 7) is 3.56. The first kappa shape index (κ1) is 21.3. The van der Waals surface area contributed by atoms with Crippen LogP contribution in [0.4, 0.5) is 9.39 Å². The summed E-state index contributed by atoms with van der Waals surface area (Å²) in [6, 6.07) is 20.2. The van der Waals surface area contributed by atoms with Crippen molar-refractivity contribution in [1.29, 1.82) is 0 Å². The number of aromatic nitrogens is 5. The highest BCUT2D eigenvalue weighted by molar-refractivity contribution is 7.18. The molecule has 7 nitrogen and oxygen atoms in total. The van der Waals surface area contributed by atoms with Gasteiger partial charge in [0.1, 0.15) is 10.8 Å². The minimum atomic E-state index is -0.590. The van der Waals surface area contributed by atoms with E-state index in [0.717, 1.165) is 16.7 Å². The van der Waals surface area contributed by atoms with E-state index in [1.807, 2.05) is 61.5 Å². The van der Waals surface area contributed by atoms with Crippen molar-refractivity contribution in [2.24, 2.45) is 0 Å². The third-order valence-corrected chi connectivity index (χ3v) is 5.51. The van der Waals surface area contributed by atoms with Crippen LogP contribution in [-0.2, 0) is 0 Å². The van der Waals surface area contributed by atoms with Crippen LogP contribution in [0.1, 0.15) is 21.7 Å². The second-order valence-electron chi connectivity index (χ2n) is 6.88. The van der Waals surface area contributed by atoms with Crippen LogP contribution in [0.3, 0.4) is 0 Å². The molecule has 4 rings (SSSR count). The molecule has 2 aromatic heterocycles. The normalized spacial score (nSPS) is 10.5. The van der Waals surface area contributed by atoms with Crippen molar-refractivity contribution in [2.45, 2.75) is 13.8 Å². The van der Waals surface area contributed by atoms with Crippen LogP contribution in [0, 0.1) is 19.7 Å². The standard InChI is InChI=1S/C23H19FN6OS/c1-15-12-20(24)19(13-18(15)17-10-8-6-4-3-5-7-9-11-17)22(31)26-21-14-25-23(32-21)30-16(2)27-28-29-30/h3-14H,1-2H3,(H,26,31). The van der Waals surface area contributed by atoms with Crippen LogP contribution in [0.5, 0.6) is 0 Å². The van der Waals surface area contributed by atoms with Gasteiger partial charge in [0.15, 0.2) is 5.82 Å². The van der Waals surface area contributed by atoms with E-state index in [-0.39, 0.29) is 5.56 Å². The topological polar surface area (TPSA) is 85.6 Å². The average molecular weight is 447 g/mol. The SMILES string of the molecule is Cc1cc(F)c(C(=O)Nc2cnc(-n3nnnc3C)s2)cc1-c1ccccccccc1. The first-order valence-corrected chi connectivity index (χ1v) is 10.6. The van der Waals surface area contributed by atoms with Gasteiger partial charge in [0.25, 0.3) is 5.91 Å². The number of rotatable bonds is 4. The van der Waals surface area contributed by atoms with Gasteiger partial charge in [-0.25, -0.2) is 9.37 Å². The zero-order valence-corrected chi connectivity index (χ0v) is 18.2. The summed E-state index contributed by atoms with van der Waals surface area (Å²) in [5, 5.41) is 14.9. The van der Waals surface area contributed by atoms with Gasteiger partial charge in [-0.05, 0) is 53.1 Å². The number of amides is 1. The first-order chi connectivity index (χ1) is 15.5. The lowest BCUT2D eigenvalue weighted by Gasteiger charge is -2.10. The molecular weight excluding hydrogens is 427 g/mol. The van der Waals surface area contributed by atoms with Crippen molar-refractivity contribution in [1.82, 2.24) is 25.2 Å². The molecule has 0 fully saturated rings. The number of nitrogens with one attached hydrogen (secondary N) is 1. The quantitative estimate of drug-likeness (QED) is 0.481. The highest BCUT2D eigenvalue weighted by atomic mass is 32.1. The Balaban J connectivity index is 1.66. The summed E-state index contributed by atoms with van der Waals surface area (Å²) >= 11 is 1.19. The van der Waals surface area contributed by atoms with Gasteiger partial charge in [-0.1, -0.05) is 65.9 Å². The number of anilines is 1. The largest absolute Gasteiger partial charge is 0.312 e. The second-order valence-corrected chi connectivity index (χ2v) is 7.89. The van der Waals surface area contributed by atoms with Gasteiger partial charge in [-0.2, -0.15) is 4.68 Å². The zero-order chi connectivity index (χ0) is 22.5. The number of carbonyl (C=O) groups excluding carboxylic acids is 1. The molecular formula is C23H19FN6OS. The molecule has 9 heteroatoms. The van der Waals surface area contributed by atoms with Crippen molar-refractivity contribution in [3.63, 3.8) is 0 Å². The summed E-state index contributed by atoms with van der Waals surface area (Å²) in [7, 11) is 0. The predicted octanol–water partition coefficient (Wildman–Crippen LogP) is 4.92. The van der Waals surface area contributed by atoms with Crippen LogP contribution in [0.2, 0.25) is 0 Å². The number of benzene rings is 1. The van der Waals surface area contributed by atoms with Gasteiger partial charge in [0.05, 0.1) is 11.8 Å². The summed E-state index contributed by atoms with van der Waals surface area (Å²) < 4.78 is 16.2.